The Balaban J connectivity index is 1.88. The monoisotopic (exact) mass is 367 g/mol. The number of carbonyl (C=O) groups excluding carboxylic acids is 2. The van der Waals surface area contributed by atoms with Gasteiger partial charge in [0.25, 0.3) is 5.91 Å². The molecule has 0 saturated heterocycles. The SMILES string of the molecule is O=C(COC(=O)/C=C/c1cccc(C(F)(F)F)c1)Nc1ccccc1F. The van der Waals surface area contributed by atoms with Crippen molar-refractivity contribution in [3.05, 3.63) is 71.6 Å². The van der Waals surface area contributed by atoms with Crippen LogP contribution in [0.2, 0.25) is 0 Å². The van der Waals surface area contributed by atoms with E-state index in [9.17, 15) is 27.2 Å². The summed E-state index contributed by atoms with van der Waals surface area (Å²) < 4.78 is 55.8. The molecule has 0 aliphatic heterocycles. The minimum atomic E-state index is -4.49. The summed E-state index contributed by atoms with van der Waals surface area (Å²) in [6.45, 7) is -0.667. The van der Waals surface area contributed by atoms with Crippen molar-refractivity contribution in [3.63, 3.8) is 0 Å². The maximum absolute atomic E-state index is 13.4. The third kappa shape index (κ3) is 5.73. The Labute approximate surface area is 146 Å². The predicted octanol–water partition coefficient (Wildman–Crippen LogP) is 4.04. The van der Waals surface area contributed by atoms with Gasteiger partial charge in [-0.1, -0.05) is 24.3 Å². The van der Waals surface area contributed by atoms with E-state index in [1.54, 1.807) is 0 Å². The van der Waals surface area contributed by atoms with E-state index in [-0.39, 0.29) is 11.3 Å². The minimum Gasteiger partial charge on any atom is -0.452 e. The van der Waals surface area contributed by atoms with Crippen molar-refractivity contribution in [1.29, 1.82) is 0 Å². The number of alkyl halides is 3. The second kappa shape index (κ2) is 8.28. The summed E-state index contributed by atoms with van der Waals surface area (Å²) in [6, 6.07) is 9.81. The summed E-state index contributed by atoms with van der Waals surface area (Å²) in [5, 5.41) is 2.22. The van der Waals surface area contributed by atoms with Crippen molar-refractivity contribution < 1.29 is 31.9 Å². The van der Waals surface area contributed by atoms with Crippen LogP contribution in [0.25, 0.3) is 6.08 Å². The summed E-state index contributed by atoms with van der Waals surface area (Å²) >= 11 is 0. The van der Waals surface area contributed by atoms with Gasteiger partial charge in [0.1, 0.15) is 5.82 Å². The van der Waals surface area contributed by atoms with E-state index in [0.717, 1.165) is 30.4 Å². The Morgan fingerprint density at radius 3 is 2.50 bits per heavy atom. The molecule has 26 heavy (non-hydrogen) atoms. The van der Waals surface area contributed by atoms with Crippen LogP contribution in [0.15, 0.2) is 54.6 Å². The summed E-state index contributed by atoms with van der Waals surface area (Å²) in [5.41, 5.74) is -0.766. The van der Waals surface area contributed by atoms with Crippen LogP contribution in [0.1, 0.15) is 11.1 Å². The van der Waals surface area contributed by atoms with Crippen molar-refractivity contribution in [3.8, 4) is 0 Å². The fourth-order valence-electron chi connectivity index (χ4n) is 1.92. The summed E-state index contributed by atoms with van der Waals surface area (Å²) in [4.78, 5) is 23.1. The number of halogens is 4. The van der Waals surface area contributed by atoms with Crippen LogP contribution in [-0.2, 0) is 20.5 Å². The summed E-state index contributed by atoms with van der Waals surface area (Å²) in [5.74, 6) is -2.32. The number of esters is 1. The van der Waals surface area contributed by atoms with E-state index < -0.39 is 36.0 Å². The summed E-state index contributed by atoms with van der Waals surface area (Å²) in [7, 11) is 0. The molecule has 0 radical (unpaired) electrons. The third-order valence-corrected chi connectivity index (χ3v) is 3.12. The van der Waals surface area contributed by atoms with E-state index >= 15 is 0 Å². The average Bonchev–Trinajstić information content (AvgIpc) is 2.60. The number of anilines is 1. The number of rotatable bonds is 5. The smallest absolute Gasteiger partial charge is 0.416 e. The van der Waals surface area contributed by atoms with Gasteiger partial charge in [0, 0.05) is 6.08 Å². The zero-order valence-corrected chi connectivity index (χ0v) is 13.2. The van der Waals surface area contributed by atoms with Crippen molar-refractivity contribution in [2.75, 3.05) is 11.9 Å². The zero-order chi connectivity index (χ0) is 19.2. The van der Waals surface area contributed by atoms with Gasteiger partial charge in [0.2, 0.25) is 0 Å². The highest BCUT2D eigenvalue weighted by Gasteiger charge is 2.30. The first-order chi connectivity index (χ1) is 12.3. The van der Waals surface area contributed by atoms with Gasteiger partial charge < -0.3 is 10.1 Å². The van der Waals surface area contributed by atoms with Crippen LogP contribution in [0.4, 0.5) is 23.2 Å². The predicted molar refractivity (Wildman–Crippen MR) is 86.5 cm³/mol. The van der Waals surface area contributed by atoms with Crippen molar-refractivity contribution in [2.24, 2.45) is 0 Å². The van der Waals surface area contributed by atoms with Gasteiger partial charge in [-0.25, -0.2) is 9.18 Å². The molecule has 0 atom stereocenters. The second-order valence-corrected chi connectivity index (χ2v) is 5.09. The lowest BCUT2D eigenvalue weighted by Gasteiger charge is -2.07. The van der Waals surface area contributed by atoms with E-state index in [2.05, 4.69) is 10.1 Å². The van der Waals surface area contributed by atoms with Crippen LogP contribution in [0.3, 0.4) is 0 Å². The van der Waals surface area contributed by atoms with Crippen LogP contribution < -0.4 is 5.32 Å². The number of carbonyl (C=O) groups is 2. The average molecular weight is 367 g/mol. The van der Waals surface area contributed by atoms with Crippen LogP contribution >= 0.6 is 0 Å². The van der Waals surface area contributed by atoms with Crippen molar-refractivity contribution in [2.45, 2.75) is 6.18 Å². The molecule has 0 bridgehead atoms. The highest BCUT2D eigenvalue weighted by Crippen LogP contribution is 2.29. The third-order valence-electron chi connectivity index (χ3n) is 3.12. The topological polar surface area (TPSA) is 55.4 Å². The van der Waals surface area contributed by atoms with E-state index in [0.29, 0.717) is 0 Å². The maximum atomic E-state index is 13.4. The van der Waals surface area contributed by atoms with Gasteiger partial charge >= 0.3 is 12.1 Å². The molecular weight excluding hydrogens is 354 g/mol. The Morgan fingerprint density at radius 1 is 1.08 bits per heavy atom. The van der Waals surface area contributed by atoms with Crippen molar-refractivity contribution in [1.82, 2.24) is 0 Å². The first-order valence-electron chi connectivity index (χ1n) is 7.32. The number of hydrogen-bond donors (Lipinski definition) is 1. The molecule has 0 aliphatic rings. The molecule has 8 heteroatoms. The van der Waals surface area contributed by atoms with Crippen LogP contribution in [-0.4, -0.2) is 18.5 Å². The number of ether oxygens (including phenoxy) is 1. The molecule has 4 nitrogen and oxygen atoms in total. The molecule has 2 aromatic carbocycles. The van der Waals surface area contributed by atoms with E-state index in [4.69, 9.17) is 0 Å². The fraction of sp³-hybridized carbons (Fsp3) is 0.111. The number of nitrogens with one attached hydrogen (secondary N) is 1. The van der Waals surface area contributed by atoms with Gasteiger partial charge in [0.15, 0.2) is 6.61 Å². The molecular formula is C18H13F4NO3. The number of benzene rings is 2. The van der Waals surface area contributed by atoms with Gasteiger partial charge in [-0.15, -0.1) is 0 Å². The molecule has 0 fully saturated rings. The Kier molecular flexibility index (Phi) is 6.11. The standard InChI is InChI=1S/C18H13F4NO3/c19-14-6-1-2-7-15(14)23-16(24)11-26-17(25)9-8-12-4-3-5-13(10-12)18(20,21)22/h1-10H,11H2,(H,23,24)/b9-8+. The molecule has 2 aromatic rings. The number of hydrogen-bond acceptors (Lipinski definition) is 3. The molecule has 0 spiro atoms. The molecule has 0 saturated carbocycles. The minimum absolute atomic E-state index is 0.0620. The molecule has 136 valence electrons. The lowest BCUT2D eigenvalue weighted by Crippen LogP contribution is -2.20. The lowest BCUT2D eigenvalue weighted by atomic mass is 10.1. The quantitative estimate of drug-likeness (QED) is 0.493. The summed E-state index contributed by atoms with van der Waals surface area (Å²) in [6.07, 6.45) is -2.46. The lowest BCUT2D eigenvalue weighted by molar-refractivity contribution is -0.142. The van der Waals surface area contributed by atoms with Crippen LogP contribution in [0, 0.1) is 5.82 Å². The van der Waals surface area contributed by atoms with Crippen LogP contribution in [0.5, 0.6) is 0 Å². The largest absolute Gasteiger partial charge is 0.452 e. The molecule has 0 aliphatic carbocycles. The van der Waals surface area contributed by atoms with Gasteiger partial charge in [-0.3, -0.25) is 4.79 Å². The molecule has 1 amide bonds. The molecule has 0 unspecified atom stereocenters. The first-order valence-corrected chi connectivity index (χ1v) is 7.32. The van der Waals surface area contributed by atoms with Gasteiger partial charge in [0.05, 0.1) is 11.3 Å². The fourth-order valence-corrected chi connectivity index (χ4v) is 1.92. The molecule has 0 heterocycles. The Bertz CT molecular complexity index is 831. The Hall–Kier alpha value is -3.16. The van der Waals surface area contributed by atoms with Gasteiger partial charge in [-0.05, 0) is 35.9 Å². The van der Waals surface area contributed by atoms with E-state index in [1.165, 1.54) is 30.3 Å². The molecule has 2 rings (SSSR count). The van der Waals surface area contributed by atoms with Crippen molar-refractivity contribution >= 4 is 23.6 Å². The second-order valence-electron chi connectivity index (χ2n) is 5.09. The normalized spacial score (nSPS) is 11.4. The first kappa shape index (κ1) is 19.2. The maximum Gasteiger partial charge on any atom is 0.416 e. The zero-order valence-electron chi connectivity index (χ0n) is 13.2. The van der Waals surface area contributed by atoms with E-state index in [1.807, 2.05) is 0 Å². The Morgan fingerprint density at radius 2 is 1.81 bits per heavy atom. The molecule has 0 aromatic heterocycles. The number of para-hydroxylation sites is 1. The van der Waals surface area contributed by atoms with Gasteiger partial charge in [-0.2, -0.15) is 13.2 Å². The highest BCUT2D eigenvalue weighted by molar-refractivity contribution is 5.94. The highest BCUT2D eigenvalue weighted by atomic mass is 19.4. The molecule has 1 N–H and O–H groups in total. The number of amides is 1.